The maximum atomic E-state index is 12.5. The van der Waals surface area contributed by atoms with Crippen LogP contribution in [0.25, 0.3) is 0 Å². The Hall–Kier alpha value is -2.43. The fourth-order valence-corrected chi connectivity index (χ4v) is 2.81. The van der Waals surface area contributed by atoms with Gasteiger partial charge in [0.25, 0.3) is 5.91 Å². The van der Waals surface area contributed by atoms with Gasteiger partial charge in [-0.2, -0.15) is 4.98 Å². The number of hydrogen-bond donors (Lipinski definition) is 0. The van der Waals surface area contributed by atoms with E-state index in [4.69, 9.17) is 4.74 Å². The van der Waals surface area contributed by atoms with Crippen LogP contribution in [0, 0.1) is 13.8 Å². The van der Waals surface area contributed by atoms with Crippen LogP contribution in [0.15, 0.2) is 36.5 Å². The second-order valence-electron chi connectivity index (χ2n) is 5.92. The molecular weight excluding hydrogens is 290 g/mol. The van der Waals surface area contributed by atoms with E-state index in [9.17, 15) is 4.79 Å². The van der Waals surface area contributed by atoms with Crippen LogP contribution in [-0.2, 0) is 0 Å². The number of hydrogen-bond acceptors (Lipinski definition) is 4. The minimum absolute atomic E-state index is 0.102. The Bertz CT molecular complexity index is 694. The summed E-state index contributed by atoms with van der Waals surface area (Å²) in [4.78, 5) is 22.8. The van der Waals surface area contributed by atoms with Gasteiger partial charge in [0.15, 0.2) is 0 Å². The van der Waals surface area contributed by atoms with Gasteiger partial charge in [0.05, 0.1) is 0 Å². The van der Waals surface area contributed by atoms with Gasteiger partial charge in [0.1, 0.15) is 11.9 Å². The summed E-state index contributed by atoms with van der Waals surface area (Å²) in [7, 11) is 0. The predicted octanol–water partition coefficient (Wildman–Crippen LogP) is 2.78. The SMILES string of the molecule is Cc1cccc(C(=O)N2CCC(Oc3ccnc(C)n3)CC2)c1. The third kappa shape index (κ3) is 3.86. The monoisotopic (exact) mass is 311 g/mol. The molecule has 1 saturated heterocycles. The van der Waals surface area contributed by atoms with Gasteiger partial charge in [-0.25, -0.2) is 4.98 Å². The molecule has 1 aromatic carbocycles. The fourth-order valence-electron chi connectivity index (χ4n) is 2.81. The molecule has 0 unspecified atom stereocenters. The number of amides is 1. The number of ether oxygens (including phenoxy) is 1. The Kier molecular flexibility index (Phi) is 4.55. The van der Waals surface area contributed by atoms with Crippen molar-refractivity contribution in [1.29, 1.82) is 0 Å². The van der Waals surface area contributed by atoms with Crippen molar-refractivity contribution in [1.82, 2.24) is 14.9 Å². The fraction of sp³-hybridized carbons (Fsp3) is 0.389. The lowest BCUT2D eigenvalue weighted by Gasteiger charge is -2.32. The van der Waals surface area contributed by atoms with Crippen LogP contribution in [0.5, 0.6) is 5.88 Å². The van der Waals surface area contributed by atoms with E-state index in [0.717, 1.165) is 24.0 Å². The van der Waals surface area contributed by atoms with E-state index in [2.05, 4.69) is 9.97 Å². The largest absolute Gasteiger partial charge is 0.474 e. The number of piperidine rings is 1. The highest BCUT2D eigenvalue weighted by molar-refractivity contribution is 5.94. The summed E-state index contributed by atoms with van der Waals surface area (Å²) in [5.74, 6) is 1.42. The highest BCUT2D eigenvalue weighted by atomic mass is 16.5. The Labute approximate surface area is 136 Å². The van der Waals surface area contributed by atoms with Crippen molar-refractivity contribution in [3.63, 3.8) is 0 Å². The molecule has 0 radical (unpaired) electrons. The molecule has 0 saturated carbocycles. The normalized spacial score (nSPS) is 15.5. The molecular formula is C18H21N3O2. The van der Waals surface area contributed by atoms with E-state index < -0.39 is 0 Å². The second kappa shape index (κ2) is 6.77. The van der Waals surface area contributed by atoms with Crippen molar-refractivity contribution in [2.24, 2.45) is 0 Å². The third-order valence-corrected chi connectivity index (χ3v) is 4.03. The number of aromatic nitrogens is 2. The first-order chi connectivity index (χ1) is 11.1. The van der Waals surface area contributed by atoms with Crippen molar-refractivity contribution in [2.75, 3.05) is 13.1 Å². The maximum Gasteiger partial charge on any atom is 0.253 e. The van der Waals surface area contributed by atoms with Gasteiger partial charge in [0, 0.05) is 43.8 Å². The zero-order valence-electron chi connectivity index (χ0n) is 13.5. The molecule has 0 aliphatic carbocycles. The van der Waals surface area contributed by atoms with E-state index in [1.54, 1.807) is 12.3 Å². The van der Waals surface area contributed by atoms with E-state index >= 15 is 0 Å². The molecule has 1 aliphatic rings. The van der Waals surface area contributed by atoms with Gasteiger partial charge in [-0.15, -0.1) is 0 Å². The first-order valence-corrected chi connectivity index (χ1v) is 7.94. The molecule has 1 aliphatic heterocycles. The summed E-state index contributed by atoms with van der Waals surface area (Å²) in [5.41, 5.74) is 1.86. The topological polar surface area (TPSA) is 55.3 Å². The lowest BCUT2D eigenvalue weighted by molar-refractivity contribution is 0.0587. The quantitative estimate of drug-likeness (QED) is 0.874. The Balaban J connectivity index is 1.57. The van der Waals surface area contributed by atoms with E-state index in [-0.39, 0.29) is 12.0 Å². The van der Waals surface area contributed by atoms with Crippen LogP contribution < -0.4 is 4.74 Å². The molecule has 120 valence electrons. The molecule has 2 aromatic rings. The molecule has 1 aromatic heterocycles. The van der Waals surface area contributed by atoms with Gasteiger partial charge in [-0.1, -0.05) is 17.7 Å². The van der Waals surface area contributed by atoms with Crippen LogP contribution in [0.2, 0.25) is 0 Å². The molecule has 0 atom stereocenters. The van der Waals surface area contributed by atoms with E-state index in [1.165, 1.54) is 0 Å². The molecule has 0 N–H and O–H groups in total. The van der Waals surface area contributed by atoms with Crippen molar-refractivity contribution in [3.8, 4) is 5.88 Å². The summed E-state index contributed by atoms with van der Waals surface area (Å²) in [5, 5.41) is 0. The average molecular weight is 311 g/mol. The van der Waals surface area contributed by atoms with Crippen molar-refractivity contribution in [3.05, 3.63) is 53.5 Å². The first-order valence-electron chi connectivity index (χ1n) is 7.94. The molecule has 23 heavy (non-hydrogen) atoms. The van der Waals surface area contributed by atoms with Crippen LogP contribution in [-0.4, -0.2) is 40.0 Å². The number of rotatable bonds is 3. The van der Waals surface area contributed by atoms with Gasteiger partial charge >= 0.3 is 0 Å². The van der Waals surface area contributed by atoms with Gasteiger partial charge in [0.2, 0.25) is 5.88 Å². The lowest BCUT2D eigenvalue weighted by atomic mass is 10.1. The van der Waals surface area contributed by atoms with E-state index in [1.807, 2.05) is 43.0 Å². The number of aryl methyl sites for hydroxylation is 2. The van der Waals surface area contributed by atoms with Gasteiger partial charge in [-0.05, 0) is 26.0 Å². The summed E-state index contributed by atoms with van der Waals surface area (Å²) in [6.45, 7) is 5.26. The average Bonchev–Trinajstić information content (AvgIpc) is 2.55. The van der Waals surface area contributed by atoms with Crippen molar-refractivity contribution < 1.29 is 9.53 Å². The lowest BCUT2D eigenvalue weighted by Crippen LogP contribution is -2.41. The molecule has 0 bridgehead atoms. The van der Waals surface area contributed by atoms with Crippen molar-refractivity contribution in [2.45, 2.75) is 32.8 Å². The minimum atomic E-state index is 0.102. The number of likely N-dealkylation sites (tertiary alicyclic amines) is 1. The third-order valence-electron chi connectivity index (χ3n) is 4.03. The molecule has 5 nitrogen and oxygen atoms in total. The number of nitrogens with zero attached hydrogens (tertiary/aromatic N) is 3. The Morgan fingerprint density at radius 2 is 2.00 bits per heavy atom. The number of carbonyl (C=O) groups excluding carboxylic acids is 1. The van der Waals surface area contributed by atoms with E-state index in [0.29, 0.717) is 24.8 Å². The van der Waals surface area contributed by atoms with Crippen LogP contribution in [0.3, 0.4) is 0 Å². The molecule has 2 heterocycles. The number of carbonyl (C=O) groups is 1. The summed E-state index contributed by atoms with van der Waals surface area (Å²) in [6, 6.07) is 9.52. The minimum Gasteiger partial charge on any atom is -0.474 e. The first kappa shape index (κ1) is 15.5. The summed E-state index contributed by atoms with van der Waals surface area (Å²) in [6.07, 6.45) is 3.45. The number of benzene rings is 1. The highest BCUT2D eigenvalue weighted by Gasteiger charge is 2.25. The molecule has 1 amide bonds. The maximum absolute atomic E-state index is 12.5. The molecule has 1 fully saturated rings. The molecule has 3 rings (SSSR count). The van der Waals surface area contributed by atoms with Gasteiger partial charge in [-0.3, -0.25) is 4.79 Å². The summed E-state index contributed by atoms with van der Waals surface area (Å²) >= 11 is 0. The van der Waals surface area contributed by atoms with Crippen LogP contribution in [0.4, 0.5) is 0 Å². The molecule has 0 spiro atoms. The standard InChI is InChI=1S/C18H21N3O2/c1-13-4-3-5-15(12-13)18(22)21-10-7-16(8-11-21)23-17-6-9-19-14(2)20-17/h3-6,9,12,16H,7-8,10-11H2,1-2H3. The second-order valence-corrected chi connectivity index (χ2v) is 5.92. The van der Waals surface area contributed by atoms with Gasteiger partial charge < -0.3 is 9.64 Å². The predicted molar refractivity (Wildman–Crippen MR) is 87.5 cm³/mol. The highest BCUT2D eigenvalue weighted by Crippen LogP contribution is 2.19. The molecule has 5 heteroatoms. The van der Waals surface area contributed by atoms with Crippen molar-refractivity contribution >= 4 is 5.91 Å². The smallest absolute Gasteiger partial charge is 0.253 e. The van der Waals surface area contributed by atoms with Crippen LogP contribution in [0.1, 0.15) is 34.6 Å². The zero-order chi connectivity index (χ0) is 16.2. The Morgan fingerprint density at radius 1 is 1.22 bits per heavy atom. The Morgan fingerprint density at radius 3 is 2.70 bits per heavy atom. The summed E-state index contributed by atoms with van der Waals surface area (Å²) < 4.78 is 5.90. The van der Waals surface area contributed by atoms with Crippen LogP contribution >= 0.6 is 0 Å². The zero-order valence-corrected chi connectivity index (χ0v) is 13.5.